The molecule has 1 amide bonds. The molecule has 0 heterocycles. The van der Waals surface area contributed by atoms with E-state index in [-0.39, 0.29) is 24.1 Å². The van der Waals surface area contributed by atoms with Crippen LogP contribution in [-0.2, 0) is 4.74 Å². The number of rotatable bonds is 10. The van der Waals surface area contributed by atoms with Crippen LogP contribution in [0.1, 0.15) is 73.4 Å². The van der Waals surface area contributed by atoms with E-state index >= 15 is 0 Å². The fraction of sp³-hybridized carbons (Fsp3) is 0.333. The van der Waals surface area contributed by atoms with Crippen LogP contribution < -0.4 is 4.90 Å². The Bertz CT molecular complexity index is 1140. The Hall–Kier alpha value is -3.60. The number of carboxylic acid groups (broad SMARTS) is 1. The maximum atomic E-state index is 13.5. The second-order valence-corrected chi connectivity index (χ2v) is 9.19. The highest BCUT2D eigenvalue weighted by atomic mass is 16.6. The van der Waals surface area contributed by atoms with Gasteiger partial charge in [0.05, 0.1) is 11.3 Å². The van der Waals surface area contributed by atoms with Gasteiger partial charge in [-0.2, -0.15) is 0 Å². The topological polar surface area (TPSA) is 66.8 Å². The number of aromatic carboxylic acids is 1. The summed E-state index contributed by atoms with van der Waals surface area (Å²) in [5.74, 6) is -1.11. The number of anilines is 1. The van der Waals surface area contributed by atoms with Gasteiger partial charge in [-0.15, -0.1) is 0 Å². The molecule has 5 heteroatoms. The van der Waals surface area contributed by atoms with Crippen LogP contribution in [0.2, 0.25) is 0 Å². The number of carbonyl (C=O) groups is 2. The molecule has 0 bridgehead atoms. The van der Waals surface area contributed by atoms with E-state index < -0.39 is 12.1 Å². The minimum Gasteiger partial charge on any atom is -0.478 e. The van der Waals surface area contributed by atoms with Gasteiger partial charge >= 0.3 is 12.1 Å². The fourth-order valence-electron chi connectivity index (χ4n) is 5.04. The summed E-state index contributed by atoms with van der Waals surface area (Å²) >= 11 is 0. The molecule has 3 aromatic carbocycles. The minimum atomic E-state index is -1.06. The summed E-state index contributed by atoms with van der Waals surface area (Å²) in [6.07, 6.45) is 4.59. The summed E-state index contributed by atoms with van der Waals surface area (Å²) in [5, 5.41) is 9.77. The molecule has 1 N–H and O–H groups in total. The molecule has 182 valence electrons. The third-order valence-electron chi connectivity index (χ3n) is 6.84. The Morgan fingerprint density at radius 3 is 2.11 bits per heavy atom. The van der Waals surface area contributed by atoms with Gasteiger partial charge in [0.2, 0.25) is 0 Å². The van der Waals surface area contributed by atoms with Crippen LogP contribution in [0.5, 0.6) is 0 Å². The molecule has 0 radical (unpaired) electrons. The molecule has 0 spiro atoms. The first-order valence-electron chi connectivity index (χ1n) is 12.5. The molecular weight excluding hydrogens is 438 g/mol. The van der Waals surface area contributed by atoms with Crippen molar-refractivity contribution in [1.29, 1.82) is 0 Å². The van der Waals surface area contributed by atoms with Crippen molar-refractivity contribution < 1.29 is 19.4 Å². The van der Waals surface area contributed by atoms with Crippen molar-refractivity contribution in [2.45, 2.75) is 57.9 Å². The number of para-hydroxylation sites is 1. The number of nitrogens with zero attached hydrogens (tertiary/aromatic N) is 1. The maximum absolute atomic E-state index is 13.5. The highest BCUT2D eigenvalue weighted by Gasteiger charge is 2.32. The van der Waals surface area contributed by atoms with Gasteiger partial charge in [-0.25, -0.2) is 9.59 Å². The van der Waals surface area contributed by atoms with Gasteiger partial charge in [-0.05, 0) is 47.7 Å². The lowest BCUT2D eigenvalue weighted by molar-refractivity contribution is 0.0697. The minimum absolute atomic E-state index is 0.0530. The Morgan fingerprint density at radius 2 is 1.49 bits per heavy atom. The first kappa shape index (κ1) is 24.5. The molecule has 0 aromatic heterocycles. The molecule has 35 heavy (non-hydrogen) atoms. The Balaban J connectivity index is 1.58. The Kier molecular flexibility index (Phi) is 7.86. The van der Waals surface area contributed by atoms with Crippen LogP contribution in [-0.4, -0.2) is 29.8 Å². The summed E-state index contributed by atoms with van der Waals surface area (Å²) < 4.78 is 5.93. The monoisotopic (exact) mass is 471 g/mol. The molecule has 0 fully saturated rings. The second-order valence-electron chi connectivity index (χ2n) is 9.19. The normalized spacial score (nSPS) is 13.1. The number of hydrogen-bond acceptors (Lipinski definition) is 3. The average molecular weight is 472 g/mol. The zero-order valence-electron chi connectivity index (χ0n) is 20.4. The third-order valence-corrected chi connectivity index (χ3v) is 6.84. The zero-order chi connectivity index (χ0) is 24.8. The smallest absolute Gasteiger partial charge is 0.414 e. The van der Waals surface area contributed by atoms with E-state index in [0.29, 0.717) is 5.69 Å². The van der Waals surface area contributed by atoms with E-state index in [1.807, 2.05) is 31.2 Å². The van der Waals surface area contributed by atoms with Crippen molar-refractivity contribution in [2.24, 2.45) is 0 Å². The van der Waals surface area contributed by atoms with E-state index in [1.165, 1.54) is 22.1 Å². The second kappa shape index (κ2) is 11.2. The molecule has 3 aromatic rings. The van der Waals surface area contributed by atoms with Gasteiger partial charge in [-0.1, -0.05) is 93.3 Å². The van der Waals surface area contributed by atoms with Crippen LogP contribution >= 0.6 is 0 Å². The molecule has 4 rings (SSSR count). The molecule has 1 aliphatic carbocycles. The molecule has 1 atom stereocenters. The molecule has 0 saturated carbocycles. The van der Waals surface area contributed by atoms with Crippen LogP contribution in [0.25, 0.3) is 11.1 Å². The van der Waals surface area contributed by atoms with Gasteiger partial charge in [0.15, 0.2) is 0 Å². The molecular formula is C30H33NO4. The number of amides is 1. The molecule has 1 aliphatic rings. The van der Waals surface area contributed by atoms with Crippen molar-refractivity contribution in [1.82, 2.24) is 0 Å². The lowest BCUT2D eigenvalue weighted by Crippen LogP contribution is -2.40. The number of hydrogen-bond donors (Lipinski definition) is 1. The standard InChI is InChI=1S/C30H33NO4/c1-3-4-5-6-13-21(2)31(28-19-12-11-18-26(28)29(32)33)30(34)35-20-27-24-16-9-7-14-22(24)23-15-8-10-17-25(23)27/h7-12,14-19,21,27H,3-6,13,20H2,1-2H3,(H,32,33). The van der Waals surface area contributed by atoms with Crippen molar-refractivity contribution in [2.75, 3.05) is 11.5 Å². The summed E-state index contributed by atoms with van der Waals surface area (Å²) in [6, 6.07) is 22.9. The SMILES string of the molecule is CCCCCCC(C)N(C(=O)OCC1c2ccccc2-c2ccccc21)c1ccccc1C(=O)O. The third kappa shape index (κ3) is 5.24. The van der Waals surface area contributed by atoms with Crippen molar-refractivity contribution >= 4 is 17.7 Å². The van der Waals surface area contributed by atoms with Gasteiger partial charge in [0.1, 0.15) is 6.61 Å². The lowest BCUT2D eigenvalue weighted by atomic mass is 9.98. The van der Waals surface area contributed by atoms with Crippen LogP contribution in [0.4, 0.5) is 10.5 Å². The molecule has 1 unspecified atom stereocenters. The number of ether oxygens (including phenoxy) is 1. The van der Waals surface area contributed by atoms with E-state index in [9.17, 15) is 14.7 Å². The number of carbonyl (C=O) groups excluding carboxylic acids is 1. The first-order valence-corrected chi connectivity index (χ1v) is 12.5. The highest BCUT2D eigenvalue weighted by molar-refractivity contribution is 6.00. The van der Waals surface area contributed by atoms with E-state index in [2.05, 4.69) is 31.2 Å². The Labute approximate surface area is 207 Å². The van der Waals surface area contributed by atoms with E-state index in [1.54, 1.807) is 18.2 Å². The summed E-state index contributed by atoms with van der Waals surface area (Å²) in [7, 11) is 0. The molecule has 0 aliphatic heterocycles. The van der Waals surface area contributed by atoms with Gasteiger partial charge in [0.25, 0.3) is 0 Å². The van der Waals surface area contributed by atoms with Crippen molar-refractivity contribution in [3.8, 4) is 11.1 Å². The van der Waals surface area contributed by atoms with Gasteiger partial charge in [0, 0.05) is 12.0 Å². The number of fused-ring (bicyclic) bond motifs is 3. The number of unbranched alkanes of at least 4 members (excludes halogenated alkanes) is 3. The predicted molar refractivity (Wildman–Crippen MR) is 139 cm³/mol. The number of carboxylic acids is 1. The number of benzene rings is 3. The molecule has 5 nitrogen and oxygen atoms in total. The average Bonchev–Trinajstić information content (AvgIpc) is 3.19. The van der Waals surface area contributed by atoms with E-state index in [4.69, 9.17) is 4.74 Å². The van der Waals surface area contributed by atoms with Crippen molar-refractivity contribution in [3.63, 3.8) is 0 Å². The van der Waals surface area contributed by atoms with Crippen LogP contribution in [0, 0.1) is 0 Å². The Morgan fingerprint density at radius 1 is 0.886 bits per heavy atom. The van der Waals surface area contributed by atoms with Crippen LogP contribution in [0.15, 0.2) is 72.8 Å². The lowest BCUT2D eigenvalue weighted by Gasteiger charge is -2.30. The summed E-state index contributed by atoms with van der Waals surface area (Å²) in [5.41, 5.74) is 5.10. The first-order chi connectivity index (χ1) is 17.0. The fourth-order valence-corrected chi connectivity index (χ4v) is 5.04. The maximum Gasteiger partial charge on any atom is 0.414 e. The zero-order valence-corrected chi connectivity index (χ0v) is 20.4. The summed E-state index contributed by atoms with van der Waals surface area (Å²) in [6.45, 7) is 4.32. The van der Waals surface area contributed by atoms with Gasteiger partial charge in [-0.3, -0.25) is 4.90 Å². The molecule has 0 saturated heterocycles. The quantitative estimate of drug-likeness (QED) is 0.311. The largest absolute Gasteiger partial charge is 0.478 e. The highest BCUT2D eigenvalue weighted by Crippen LogP contribution is 2.44. The van der Waals surface area contributed by atoms with Gasteiger partial charge < -0.3 is 9.84 Å². The van der Waals surface area contributed by atoms with E-state index in [0.717, 1.165) is 43.2 Å². The van der Waals surface area contributed by atoms with Crippen LogP contribution in [0.3, 0.4) is 0 Å². The van der Waals surface area contributed by atoms with Crippen molar-refractivity contribution in [3.05, 3.63) is 89.5 Å². The predicted octanol–water partition coefficient (Wildman–Crippen LogP) is 7.50. The summed E-state index contributed by atoms with van der Waals surface area (Å²) in [4.78, 5) is 27.0.